The Labute approximate surface area is 189 Å². The Kier molecular flexibility index (Phi) is 6.00. The van der Waals surface area contributed by atoms with Gasteiger partial charge in [0.2, 0.25) is 10.0 Å². The second-order valence-corrected chi connectivity index (χ2v) is 10.4. The molecule has 0 atom stereocenters. The summed E-state index contributed by atoms with van der Waals surface area (Å²) in [6.45, 7) is -0.137. The van der Waals surface area contributed by atoms with Crippen molar-refractivity contribution in [3.8, 4) is 16.2 Å². The van der Waals surface area contributed by atoms with E-state index in [9.17, 15) is 18.0 Å². The number of para-hydroxylation sites is 1. The fraction of sp³-hybridized carbons (Fsp3) is 0.182. The average Bonchev–Trinajstić information content (AvgIpc) is 3.22. The minimum atomic E-state index is -3.63. The lowest BCUT2D eigenvalue weighted by molar-refractivity contribution is -0.119. The number of thiophene rings is 1. The van der Waals surface area contributed by atoms with Gasteiger partial charge in [0.15, 0.2) is 6.61 Å². The molecule has 3 aromatic rings. The maximum Gasteiger partial charge on any atom is 0.348 e. The predicted molar refractivity (Wildman–Crippen MR) is 120 cm³/mol. The van der Waals surface area contributed by atoms with E-state index < -0.39 is 28.5 Å². The van der Waals surface area contributed by atoms with Crippen molar-refractivity contribution in [2.24, 2.45) is 0 Å². The van der Waals surface area contributed by atoms with Gasteiger partial charge in [0.05, 0.1) is 4.90 Å². The van der Waals surface area contributed by atoms with Gasteiger partial charge < -0.3 is 14.8 Å². The minimum Gasteiger partial charge on any atom is -0.488 e. The molecule has 8 nitrogen and oxygen atoms in total. The third kappa shape index (κ3) is 4.38. The lowest BCUT2D eigenvalue weighted by atomic mass is 10.1. The van der Waals surface area contributed by atoms with Gasteiger partial charge in [-0.15, -0.1) is 11.3 Å². The molecule has 10 heteroatoms. The number of fused-ring (bicyclic) bond motifs is 3. The molecule has 4 rings (SSSR count). The Morgan fingerprint density at radius 2 is 1.91 bits per heavy atom. The molecule has 0 bridgehead atoms. The van der Waals surface area contributed by atoms with E-state index in [0.717, 1.165) is 26.1 Å². The number of rotatable bonds is 6. The quantitative estimate of drug-likeness (QED) is 0.552. The van der Waals surface area contributed by atoms with Crippen LogP contribution in [0, 0.1) is 0 Å². The van der Waals surface area contributed by atoms with E-state index in [0.29, 0.717) is 11.5 Å². The zero-order valence-corrected chi connectivity index (χ0v) is 19.0. The molecule has 0 saturated heterocycles. The van der Waals surface area contributed by atoms with E-state index in [1.165, 1.54) is 43.6 Å². The lowest BCUT2D eigenvalue weighted by Gasteiger charge is -2.16. The van der Waals surface area contributed by atoms with Crippen molar-refractivity contribution in [1.82, 2.24) is 4.31 Å². The minimum absolute atomic E-state index is 0.0453. The Balaban J connectivity index is 1.40. The van der Waals surface area contributed by atoms with E-state index in [-0.39, 0.29) is 10.6 Å². The Morgan fingerprint density at radius 3 is 2.69 bits per heavy atom. The van der Waals surface area contributed by atoms with Crippen molar-refractivity contribution in [3.05, 3.63) is 65.0 Å². The largest absolute Gasteiger partial charge is 0.488 e. The first kappa shape index (κ1) is 22.0. The summed E-state index contributed by atoms with van der Waals surface area (Å²) in [5, 5.41) is 2.55. The van der Waals surface area contributed by atoms with Crippen LogP contribution in [0.25, 0.3) is 10.4 Å². The number of sulfonamides is 1. The first-order valence-corrected chi connectivity index (χ1v) is 11.9. The summed E-state index contributed by atoms with van der Waals surface area (Å²) < 4.78 is 36.4. The zero-order chi connectivity index (χ0) is 22.9. The van der Waals surface area contributed by atoms with Gasteiger partial charge in [-0.25, -0.2) is 17.5 Å². The van der Waals surface area contributed by atoms with E-state index >= 15 is 0 Å². The van der Waals surface area contributed by atoms with Gasteiger partial charge in [0.25, 0.3) is 5.91 Å². The van der Waals surface area contributed by atoms with Gasteiger partial charge in [-0.1, -0.05) is 18.2 Å². The van der Waals surface area contributed by atoms with Crippen LogP contribution < -0.4 is 10.1 Å². The predicted octanol–water partition coefficient (Wildman–Crippen LogP) is 3.35. The normalized spacial score (nSPS) is 12.5. The van der Waals surface area contributed by atoms with Crippen LogP contribution in [0.5, 0.6) is 5.75 Å². The SMILES string of the molecule is CN(C)S(=O)(=O)c1cccc(NC(=O)COC(=O)c2cc3c(s2)-c2ccccc2OC3)c1. The number of carbonyl (C=O) groups is 2. The Morgan fingerprint density at radius 1 is 1.12 bits per heavy atom. The summed E-state index contributed by atoms with van der Waals surface area (Å²) in [6.07, 6.45) is 0. The molecule has 2 heterocycles. The molecule has 2 aromatic carbocycles. The lowest BCUT2D eigenvalue weighted by Crippen LogP contribution is -2.23. The highest BCUT2D eigenvalue weighted by molar-refractivity contribution is 7.89. The molecule has 0 spiro atoms. The third-order valence-electron chi connectivity index (χ3n) is 4.76. The highest BCUT2D eigenvalue weighted by Crippen LogP contribution is 2.42. The monoisotopic (exact) mass is 472 g/mol. The fourth-order valence-corrected chi connectivity index (χ4v) is 5.18. The van der Waals surface area contributed by atoms with Gasteiger partial charge >= 0.3 is 5.97 Å². The Bertz CT molecular complexity index is 1300. The van der Waals surface area contributed by atoms with E-state index in [1.807, 2.05) is 24.3 Å². The molecule has 0 saturated carbocycles. The molecule has 1 aliphatic heterocycles. The van der Waals surface area contributed by atoms with E-state index in [4.69, 9.17) is 9.47 Å². The summed E-state index contributed by atoms with van der Waals surface area (Å²) in [6, 6.07) is 15.2. The second kappa shape index (κ2) is 8.73. The first-order chi connectivity index (χ1) is 15.3. The number of esters is 1. The van der Waals surface area contributed by atoms with Gasteiger partial charge in [0, 0.05) is 35.8 Å². The number of amides is 1. The van der Waals surface area contributed by atoms with Crippen LogP contribution in [-0.2, 0) is 26.2 Å². The van der Waals surface area contributed by atoms with Crippen LogP contribution in [-0.4, -0.2) is 45.3 Å². The van der Waals surface area contributed by atoms with Crippen molar-refractivity contribution in [1.29, 1.82) is 0 Å². The van der Waals surface area contributed by atoms with Crippen LogP contribution in [0.15, 0.2) is 59.5 Å². The molecule has 1 aromatic heterocycles. The molecule has 0 radical (unpaired) electrons. The summed E-state index contributed by atoms with van der Waals surface area (Å²) in [5.41, 5.74) is 2.10. The number of benzene rings is 2. The molecule has 32 heavy (non-hydrogen) atoms. The van der Waals surface area contributed by atoms with Crippen LogP contribution >= 0.6 is 11.3 Å². The van der Waals surface area contributed by atoms with Gasteiger partial charge in [0.1, 0.15) is 17.2 Å². The smallest absolute Gasteiger partial charge is 0.348 e. The number of carbonyl (C=O) groups excluding carboxylic acids is 2. The fourth-order valence-electron chi connectivity index (χ4n) is 3.14. The van der Waals surface area contributed by atoms with Crippen molar-refractivity contribution >= 4 is 38.9 Å². The van der Waals surface area contributed by atoms with Gasteiger partial charge in [-0.2, -0.15) is 0 Å². The maximum atomic E-state index is 12.5. The number of hydrogen-bond donors (Lipinski definition) is 1. The molecule has 0 unspecified atom stereocenters. The van der Waals surface area contributed by atoms with Crippen molar-refractivity contribution in [2.75, 3.05) is 26.0 Å². The highest BCUT2D eigenvalue weighted by Gasteiger charge is 2.23. The molecule has 0 aliphatic carbocycles. The third-order valence-corrected chi connectivity index (χ3v) is 7.76. The highest BCUT2D eigenvalue weighted by atomic mass is 32.2. The first-order valence-electron chi connectivity index (χ1n) is 9.60. The number of hydrogen-bond acceptors (Lipinski definition) is 7. The van der Waals surface area contributed by atoms with Crippen molar-refractivity contribution in [3.63, 3.8) is 0 Å². The maximum absolute atomic E-state index is 12.5. The molecule has 1 N–H and O–H groups in total. The molecule has 1 aliphatic rings. The number of ether oxygens (including phenoxy) is 2. The van der Waals surface area contributed by atoms with Crippen LogP contribution in [0.1, 0.15) is 15.2 Å². The molecular formula is C22H20N2O6S2. The molecule has 166 valence electrons. The summed E-state index contributed by atoms with van der Waals surface area (Å²) in [4.78, 5) is 26.1. The molecular weight excluding hydrogens is 452 g/mol. The summed E-state index contributed by atoms with van der Waals surface area (Å²) >= 11 is 1.29. The zero-order valence-electron chi connectivity index (χ0n) is 17.3. The average molecular weight is 473 g/mol. The van der Waals surface area contributed by atoms with Crippen LogP contribution in [0.4, 0.5) is 5.69 Å². The molecule has 1 amide bonds. The summed E-state index contributed by atoms with van der Waals surface area (Å²) in [7, 11) is -0.785. The van der Waals surface area contributed by atoms with Crippen LogP contribution in [0.2, 0.25) is 0 Å². The summed E-state index contributed by atoms with van der Waals surface area (Å²) in [5.74, 6) is -0.423. The van der Waals surface area contributed by atoms with E-state index in [1.54, 1.807) is 12.1 Å². The van der Waals surface area contributed by atoms with Gasteiger partial charge in [-0.05, 0) is 36.4 Å². The topological polar surface area (TPSA) is 102 Å². The number of nitrogens with one attached hydrogen (secondary N) is 1. The standard InChI is InChI=1S/C22H20N2O6S2/c1-24(2)32(27,28)16-7-5-6-15(11-16)23-20(25)13-30-22(26)19-10-14-12-29-18-9-4-3-8-17(18)21(14)31-19/h3-11H,12-13H2,1-2H3,(H,23,25). The van der Waals surface area contributed by atoms with Crippen molar-refractivity contribution in [2.45, 2.75) is 11.5 Å². The van der Waals surface area contributed by atoms with Crippen molar-refractivity contribution < 1.29 is 27.5 Å². The Hall–Kier alpha value is -3.21. The van der Waals surface area contributed by atoms with Gasteiger partial charge in [-0.3, -0.25) is 4.79 Å². The second-order valence-electron chi connectivity index (χ2n) is 7.19. The van der Waals surface area contributed by atoms with E-state index in [2.05, 4.69) is 5.32 Å². The van der Waals surface area contributed by atoms with Crippen LogP contribution in [0.3, 0.4) is 0 Å². The molecule has 0 fully saturated rings. The number of anilines is 1. The number of nitrogens with zero attached hydrogens (tertiary/aromatic N) is 1.